The molecule has 0 fully saturated rings. The molecule has 1 unspecified atom stereocenters. The third-order valence-corrected chi connectivity index (χ3v) is 8.67. The highest BCUT2D eigenvalue weighted by atomic mass is 16.6. The molecule has 6 heteroatoms. The van der Waals surface area contributed by atoms with Gasteiger partial charge in [0, 0.05) is 12.8 Å². The monoisotopic (exact) mass is 677 g/mol. The van der Waals surface area contributed by atoms with Gasteiger partial charge in [0.05, 0.1) is 6.10 Å². The molecule has 0 spiro atoms. The van der Waals surface area contributed by atoms with Crippen molar-refractivity contribution in [3.63, 3.8) is 0 Å². The first kappa shape index (κ1) is 46.1. The highest BCUT2D eigenvalue weighted by Crippen LogP contribution is 2.15. The van der Waals surface area contributed by atoms with E-state index in [1.54, 1.807) is 0 Å². The molecule has 0 heterocycles. The van der Waals surface area contributed by atoms with Crippen molar-refractivity contribution in [2.45, 2.75) is 200 Å². The molecule has 0 aromatic rings. The number of hydrogen-bond donors (Lipinski definition) is 2. The maximum Gasteiger partial charge on any atom is 0.305 e. The zero-order valence-corrected chi connectivity index (χ0v) is 31.5. The van der Waals surface area contributed by atoms with Crippen LogP contribution >= 0.6 is 0 Å². The van der Waals surface area contributed by atoms with Gasteiger partial charge in [-0.25, -0.2) is 0 Å². The number of unbranched alkanes of at least 4 members (excludes halogenated alkanes) is 18. The summed E-state index contributed by atoms with van der Waals surface area (Å²) in [6.07, 6.45) is 39.4. The van der Waals surface area contributed by atoms with Gasteiger partial charge in [0.1, 0.15) is 19.3 Å². The second-order valence-corrected chi connectivity index (χ2v) is 14.1. The molecule has 0 aromatic carbocycles. The summed E-state index contributed by atoms with van der Waals surface area (Å²) in [7, 11) is 0. The van der Waals surface area contributed by atoms with E-state index in [2.05, 4.69) is 39.0 Å². The molecule has 0 radical (unpaired) electrons. The molecule has 0 amide bonds. The molecule has 0 aliphatic heterocycles. The minimum Gasteiger partial charge on any atom is -0.463 e. The van der Waals surface area contributed by atoms with Crippen LogP contribution in [-0.2, 0) is 19.1 Å². The average Bonchev–Trinajstić information content (AvgIpc) is 3.06. The Bertz CT molecular complexity index is 802. The van der Waals surface area contributed by atoms with Crippen LogP contribution in [0.15, 0.2) is 36.5 Å². The van der Waals surface area contributed by atoms with Crippen molar-refractivity contribution in [1.82, 2.24) is 0 Å². The molecular weight excluding hydrogens is 600 g/mol. The number of hydrogen-bond acceptors (Lipinski definition) is 6. The lowest BCUT2D eigenvalue weighted by Gasteiger charge is -2.12. The van der Waals surface area contributed by atoms with Gasteiger partial charge < -0.3 is 19.7 Å². The van der Waals surface area contributed by atoms with Crippen LogP contribution in [0.5, 0.6) is 0 Å². The Hall–Kier alpha value is -1.92. The molecule has 0 rings (SSSR count). The van der Waals surface area contributed by atoms with E-state index in [0.29, 0.717) is 12.8 Å². The summed E-state index contributed by atoms with van der Waals surface area (Å²) >= 11 is 0. The zero-order chi connectivity index (χ0) is 35.3. The Morgan fingerprint density at radius 3 is 1.40 bits per heavy atom. The summed E-state index contributed by atoms with van der Waals surface area (Å²) < 4.78 is 10.3. The molecule has 0 aliphatic rings. The smallest absolute Gasteiger partial charge is 0.305 e. The van der Waals surface area contributed by atoms with E-state index in [-0.39, 0.29) is 25.2 Å². The molecule has 2 N–H and O–H groups in total. The van der Waals surface area contributed by atoms with Crippen molar-refractivity contribution >= 4 is 11.9 Å². The number of carbonyl (C=O) groups excluding carboxylic acids is 2. The van der Waals surface area contributed by atoms with Crippen molar-refractivity contribution in [2.75, 3.05) is 13.2 Å². The fourth-order valence-corrected chi connectivity index (χ4v) is 5.63. The van der Waals surface area contributed by atoms with E-state index >= 15 is 0 Å². The van der Waals surface area contributed by atoms with E-state index in [1.165, 1.54) is 83.5 Å². The van der Waals surface area contributed by atoms with E-state index in [4.69, 9.17) is 9.47 Å². The zero-order valence-electron chi connectivity index (χ0n) is 31.5. The third kappa shape index (κ3) is 36.9. The summed E-state index contributed by atoms with van der Waals surface area (Å²) in [6.45, 7) is 6.45. The van der Waals surface area contributed by atoms with Crippen molar-refractivity contribution in [2.24, 2.45) is 5.92 Å². The molecular formula is C42H76O6. The SMILES string of the molecule is CC/C=C/C/C=C/C=C/C(O)CCCCCCCC(=O)OC[C@H](O)COC(=O)CCCCCCCCCCCCCCCCCC(C)C. The first-order valence-electron chi connectivity index (χ1n) is 20.0. The van der Waals surface area contributed by atoms with Gasteiger partial charge >= 0.3 is 11.9 Å². The minimum absolute atomic E-state index is 0.141. The number of allylic oxidation sites excluding steroid dienone is 5. The van der Waals surface area contributed by atoms with E-state index in [9.17, 15) is 19.8 Å². The highest BCUT2D eigenvalue weighted by molar-refractivity contribution is 5.69. The molecule has 0 saturated heterocycles. The van der Waals surface area contributed by atoms with Crippen LogP contribution in [0.2, 0.25) is 0 Å². The lowest BCUT2D eigenvalue weighted by atomic mass is 10.0. The Morgan fingerprint density at radius 1 is 0.542 bits per heavy atom. The Labute approximate surface area is 296 Å². The van der Waals surface area contributed by atoms with E-state index < -0.39 is 12.2 Å². The lowest BCUT2D eigenvalue weighted by molar-refractivity contribution is -0.152. The number of aliphatic hydroxyl groups is 2. The summed E-state index contributed by atoms with van der Waals surface area (Å²) in [5, 5.41) is 20.0. The van der Waals surface area contributed by atoms with Crippen LogP contribution in [0.4, 0.5) is 0 Å². The summed E-state index contributed by atoms with van der Waals surface area (Å²) in [6, 6.07) is 0. The lowest BCUT2D eigenvalue weighted by Crippen LogP contribution is -2.25. The molecule has 0 saturated carbocycles. The van der Waals surface area contributed by atoms with Crippen LogP contribution in [-0.4, -0.2) is 47.6 Å². The van der Waals surface area contributed by atoms with Gasteiger partial charge in [-0.05, 0) is 38.0 Å². The maximum absolute atomic E-state index is 12.0. The van der Waals surface area contributed by atoms with E-state index in [0.717, 1.165) is 76.5 Å². The van der Waals surface area contributed by atoms with Gasteiger partial charge in [-0.1, -0.05) is 179 Å². The van der Waals surface area contributed by atoms with Crippen LogP contribution in [0.1, 0.15) is 188 Å². The Morgan fingerprint density at radius 2 is 0.958 bits per heavy atom. The molecule has 0 bridgehead atoms. The maximum atomic E-state index is 12.0. The Kier molecular flexibility index (Phi) is 34.9. The van der Waals surface area contributed by atoms with Crippen LogP contribution in [0, 0.1) is 5.92 Å². The van der Waals surface area contributed by atoms with Gasteiger partial charge in [-0.3, -0.25) is 9.59 Å². The average molecular weight is 677 g/mol. The number of esters is 2. The first-order chi connectivity index (χ1) is 23.3. The normalized spacial score (nSPS) is 13.3. The third-order valence-electron chi connectivity index (χ3n) is 8.67. The Balaban J connectivity index is 3.49. The largest absolute Gasteiger partial charge is 0.463 e. The van der Waals surface area contributed by atoms with Gasteiger partial charge in [0.25, 0.3) is 0 Å². The molecule has 0 aromatic heterocycles. The first-order valence-corrected chi connectivity index (χ1v) is 20.0. The van der Waals surface area contributed by atoms with Crippen molar-refractivity contribution in [3.8, 4) is 0 Å². The number of carbonyl (C=O) groups is 2. The van der Waals surface area contributed by atoms with Crippen LogP contribution in [0.25, 0.3) is 0 Å². The standard InChI is InChI=1S/C42H76O6/c1-4-5-6-7-17-22-27-32-39(43)33-28-23-20-25-30-35-42(46)48-37-40(44)36-47-41(45)34-29-24-19-16-14-12-10-8-9-11-13-15-18-21-26-31-38(2)3/h5-6,17,22,27,32,38-40,43-44H,4,7-16,18-21,23-26,28-31,33-37H2,1-3H3/b6-5+,22-17+,32-27+/t39?,40-/m1/s1. The molecule has 2 atom stereocenters. The number of ether oxygens (including phenoxy) is 2. The van der Waals surface area contributed by atoms with Crippen LogP contribution < -0.4 is 0 Å². The van der Waals surface area contributed by atoms with Crippen LogP contribution in [0.3, 0.4) is 0 Å². The van der Waals surface area contributed by atoms with Gasteiger partial charge in [0.2, 0.25) is 0 Å². The summed E-state index contributed by atoms with van der Waals surface area (Å²) in [4.78, 5) is 23.9. The second kappa shape index (κ2) is 36.4. The van der Waals surface area contributed by atoms with E-state index in [1.807, 2.05) is 18.2 Å². The summed E-state index contributed by atoms with van der Waals surface area (Å²) in [5.41, 5.74) is 0. The van der Waals surface area contributed by atoms with Gasteiger partial charge in [-0.2, -0.15) is 0 Å². The van der Waals surface area contributed by atoms with Gasteiger partial charge in [-0.15, -0.1) is 0 Å². The fourth-order valence-electron chi connectivity index (χ4n) is 5.63. The fraction of sp³-hybridized carbons (Fsp3) is 0.810. The van der Waals surface area contributed by atoms with Crippen molar-refractivity contribution < 1.29 is 29.3 Å². The van der Waals surface area contributed by atoms with Crippen molar-refractivity contribution in [3.05, 3.63) is 36.5 Å². The molecule has 0 aliphatic carbocycles. The predicted molar refractivity (Wildman–Crippen MR) is 202 cm³/mol. The molecule has 280 valence electrons. The quantitative estimate of drug-likeness (QED) is 0.0300. The topological polar surface area (TPSA) is 93.1 Å². The summed E-state index contributed by atoms with van der Waals surface area (Å²) in [5.74, 6) is 0.215. The predicted octanol–water partition coefficient (Wildman–Crippen LogP) is 11.3. The number of rotatable bonds is 35. The second-order valence-electron chi connectivity index (χ2n) is 14.1. The number of aliphatic hydroxyl groups excluding tert-OH is 2. The molecule has 6 nitrogen and oxygen atoms in total. The minimum atomic E-state index is -0.994. The highest BCUT2D eigenvalue weighted by Gasteiger charge is 2.12. The van der Waals surface area contributed by atoms with Gasteiger partial charge in [0.15, 0.2) is 0 Å². The van der Waals surface area contributed by atoms with Crippen molar-refractivity contribution in [1.29, 1.82) is 0 Å². The molecule has 48 heavy (non-hydrogen) atoms.